The van der Waals surface area contributed by atoms with Crippen LogP contribution in [0.1, 0.15) is 35.4 Å². The standard InChI is InChI=1S/C17H24N2O/c1-4-19(12-15-6-5-9-20-15)17(11-18)16-10-13(2)7-8-14(16)3/h5-10,17H,4,11-12,18H2,1-3H3. The summed E-state index contributed by atoms with van der Waals surface area (Å²) in [4.78, 5) is 2.36. The van der Waals surface area contributed by atoms with Gasteiger partial charge in [-0.05, 0) is 43.7 Å². The van der Waals surface area contributed by atoms with Crippen molar-refractivity contribution >= 4 is 0 Å². The molecule has 0 saturated carbocycles. The van der Waals surface area contributed by atoms with Crippen LogP contribution in [0.3, 0.4) is 0 Å². The van der Waals surface area contributed by atoms with Crippen LogP contribution in [0, 0.1) is 13.8 Å². The van der Waals surface area contributed by atoms with E-state index in [0.717, 1.165) is 18.8 Å². The molecule has 1 aromatic heterocycles. The van der Waals surface area contributed by atoms with Gasteiger partial charge in [-0.2, -0.15) is 0 Å². The van der Waals surface area contributed by atoms with Gasteiger partial charge in [0.25, 0.3) is 0 Å². The zero-order valence-corrected chi connectivity index (χ0v) is 12.6. The van der Waals surface area contributed by atoms with E-state index in [4.69, 9.17) is 10.2 Å². The van der Waals surface area contributed by atoms with Crippen LogP contribution in [0.25, 0.3) is 0 Å². The van der Waals surface area contributed by atoms with Gasteiger partial charge in [-0.3, -0.25) is 4.90 Å². The first-order valence-corrected chi connectivity index (χ1v) is 7.19. The second kappa shape index (κ2) is 6.73. The molecule has 0 bridgehead atoms. The summed E-state index contributed by atoms with van der Waals surface area (Å²) in [6, 6.07) is 10.7. The third kappa shape index (κ3) is 3.30. The van der Waals surface area contributed by atoms with E-state index in [2.05, 4.69) is 43.9 Å². The Hall–Kier alpha value is -1.58. The fraction of sp³-hybridized carbons (Fsp3) is 0.412. The highest BCUT2D eigenvalue weighted by molar-refractivity contribution is 5.33. The third-order valence-electron chi connectivity index (χ3n) is 3.80. The van der Waals surface area contributed by atoms with Crippen molar-refractivity contribution in [1.82, 2.24) is 4.90 Å². The highest BCUT2D eigenvalue weighted by Crippen LogP contribution is 2.25. The van der Waals surface area contributed by atoms with E-state index < -0.39 is 0 Å². The first-order valence-electron chi connectivity index (χ1n) is 7.19. The molecule has 0 spiro atoms. The molecule has 1 atom stereocenters. The molecular formula is C17H24N2O. The van der Waals surface area contributed by atoms with E-state index in [1.807, 2.05) is 12.1 Å². The summed E-state index contributed by atoms with van der Waals surface area (Å²) in [6.07, 6.45) is 1.72. The lowest BCUT2D eigenvalue weighted by Gasteiger charge is -2.30. The molecule has 3 heteroatoms. The molecular weight excluding hydrogens is 248 g/mol. The average molecular weight is 272 g/mol. The maximum Gasteiger partial charge on any atom is 0.117 e. The Morgan fingerprint density at radius 2 is 2.05 bits per heavy atom. The summed E-state index contributed by atoms with van der Waals surface area (Å²) in [6.45, 7) is 8.78. The first kappa shape index (κ1) is 14.8. The lowest BCUT2D eigenvalue weighted by molar-refractivity contribution is 0.187. The minimum atomic E-state index is 0.227. The fourth-order valence-electron chi connectivity index (χ4n) is 2.64. The molecule has 1 heterocycles. The maximum absolute atomic E-state index is 6.06. The van der Waals surface area contributed by atoms with Crippen molar-refractivity contribution in [3.8, 4) is 0 Å². The number of aryl methyl sites for hydroxylation is 2. The fourth-order valence-corrected chi connectivity index (χ4v) is 2.64. The lowest BCUT2D eigenvalue weighted by Crippen LogP contribution is -2.33. The summed E-state index contributed by atoms with van der Waals surface area (Å²) < 4.78 is 5.47. The minimum Gasteiger partial charge on any atom is -0.468 e. The Bertz CT molecular complexity index is 534. The van der Waals surface area contributed by atoms with Crippen LogP contribution in [0.5, 0.6) is 0 Å². The van der Waals surface area contributed by atoms with Crippen LogP contribution in [0.4, 0.5) is 0 Å². The number of nitrogens with two attached hydrogens (primary N) is 1. The van der Waals surface area contributed by atoms with Crippen LogP contribution in [0.2, 0.25) is 0 Å². The van der Waals surface area contributed by atoms with E-state index in [0.29, 0.717) is 6.54 Å². The molecule has 3 nitrogen and oxygen atoms in total. The Kier molecular flexibility index (Phi) is 4.99. The van der Waals surface area contributed by atoms with Gasteiger partial charge in [-0.1, -0.05) is 30.7 Å². The van der Waals surface area contributed by atoms with Crippen LogP contribution in [-0.4, -0.2) is 18.0 Å². The van der Waals surface area contributed by atoms with Crippen molar-refractivity contribution < 1.29 is 4.42 Å². The van der Waals surface area contributed by atoms with Gasteiger partial charge in [0.2, 0.25) is 0 Å². The number of hydrogen-bond donors (Lipinski definition) is 1. The summed E-state index contributed by atoms with van der Waals surface area (Å²) in [5.41, 5.74) is 9.95. The quantitative estimate of drug-likeness (QED) is 0.876. The lowest BCUT2D eigenvalue weighted by atomic mass is 9.97. The predicted octanol–water partition coefficient (Wildman–Crippen LogP) is 3.42. The van der Waals surface area contributed by atoms with E-state index in [-0.39, 0.29) is 6.04 Å². The number of nitrogens with zero attached hydrogens (tertiary/aromatic N) is 1. The van der Waals surface area contributed by atoms with Crippen LogP contribution in [0.15, 0.2) is 41.0 Å². The molecule has 1 aromatic carbocycles. The highest BCUT2D eigenvalue weighted by atomic mass is 16.3. The number of hydrogen-bond acceptors (Lipinski definition) is 3. The van der Waals surface area contributed by atoms with Crippen molar-refractivity contribution in [3.63, 3.8) is 0 Å². The van der Waals surface area contributed by atoms with Crippen molar-refractivity contribution in [3.05, 3.63) is 59.0 Å². The van der Waals surface area contributed by atoms with Crippen LogP contribution < -0.4 is 5.73 Å². The van der Waals surface area contributed by atoms with Gasteiger partial charge in [0.1, 0.15) is 5.76 Å². The van der Waals surface area contributed by atoms with Gasteiger partial charge >= 0.3 is 0 Å². The van der Waals surface area contributed by atoms with Crippen molar-refractivity contribution in [2.45, 2.75) is 33.4 Å². The van der Waals surface area contributed by atoms with E-state index in [1.165, 1.54) is 16.7 Å². The van der Waals surface area contributed by atoms with E-state index in [9.17, 15) is 0 Å². The summed E-state index contributed by atoms with van der Waals surface area (Å²) in [5, 5.41) is 0. The Labute approximate surface area is 121 Å². The van der Waals surface area contributed by atoms with Crippen molar-refractivity contribution in [1.29, 1.82) is 0 Å². The zero-order valence-electron chi connectivity index (χ0n) is 12.6. The van der Waals surface area contributed by atoms with Crippen LogP contribution >= 0.6 is 0 Å². The SMILES string of the molecule is CCN(Cc1ccco1)C(CN)c1cc(C)ccc1C. The van der Waals surface area contributed by atoms with Gasteiger partial charge in [-0.25, -0.2) is 0 Å². The smallest absolute Gasteiger partial charge is 0.117 e. The van der Waals surface area contributed by atoms with Gasteiger partial charge in [0.15, 0.2) is 0 Å². The number of rotatable bonds is 6. The molecule has 108 valence electrons. The molecule has 0 amide bonds. The average Bonchev–Trinajstić information content (AvgIpc) is 2.95. The summed E-state index contributed by atoms with van der Waals surface area (Å²) >= 11 is 0. The Morgan fingerprint density at radius 1 is 1.25 bits per heavy atom. The molecule has 0 aliphatic rings. The molecule has 2 aromatic rings. The molecule has 0 aliphatic heterocycles. The van der Waals surface area contributed by atoms with Gasteiger partial charge in [-0.15, -0.1) is 0 Å². The Morgan fingerprint density at radius 3 is 2.65 bits per heavy atom. The van der Waals surface area contributed by atoms with Gasteiger partial charge < -0.3 is 10.2 Å². The minimum absolute atomic E-state index is 0.227. The number of furan rings is 1. The molecule has 1 unspecified atom stereocenters. The van der Waals surface area contributed by atoms with Crippen LogP contribution in [-0.2, 0) is 6.54 Å². The summed E-state index contributed by atoms with van der Waals surface area (Å²) in [7, 11) is 0. The highest BCUT2D eigenvalue weighted by Gasteiger charge is 2.20. The summed E-state index contributed by atoms with van der Waals surface area (Å²) in [5.74, 6) is 0.982. The second-order valence-corrected chi connectivity index (χ2v) is 5.25. The molecule has 0 radical (unpaired) electrons. The van der Waals surface area contributed by atoms with E-state index >= 15 is 0 Å². The van der Waals surface area contributed by atoms with Gasteiger partial charge in [0, 0.05) is 12.6 Å². The molecule has 0 fully saturated rings. The topological polar surface area (TPSA) is 42.4 Å². The van der Waals surface area contributed by atoms with Crippen molar-refractivity contribution in [2.24, 2.45) is 5.73 Å². The largest absolute Gasteiger partial charge is 0.468 e. The predicted molar refractivity (Wildman–Crippen MR) is 82.5 cm³/mol. The molecule has 2 N–H and O–H groups in total. The monoisotopic (exact) mass is 272 g/mol. The Balaban J connectivity index is 2.26. The number of likely N-dealkylation sites (N-methyl/N-ethyl adjacent to an activating group) is 1. The second-order valence-electron chi connectivity index (χ2n) is 5.25. The molecule has 20 heavy (non-hydrogen) atoms. The molecule has 0 saturated heterocycles. The zero-order chi connectivity index (χ0) is 14.5. The van der Waals surface area contributed by atoms with Crippen molar-refractivity contribution in [2.75, 3.05) is 13.1 Å². The first-order chi connectivity index (χ1) is 9.65. The molecule has 2 rings (SSSR count). The molecule has 0 aliphatic carbocycles. The third-order valence-corrected chi connectivity index (χ3v) is 3.80. The normalized spacial score (nSPS) is 12.8. The van der Waals surface area contributed by atoms with Gasteiger partial charge in [0.05, 0.1) is 12.8 Å². The van der Waals surface area contributed by atoms with E-state index in [1.54, 1.807) is 6.26 Å². The number of benzene rings is 1. The maximum atomic E-state index is 6.06.